The molecule has 1 aliphatic carbocycles. The van der Waals surface area contributed by atoms with Gasteiger partial charge in [-0.2, -0.15) is 0 Å². The van der Waals surface area contributed by atoms with Gasteiger partial charge in [0.15, 0.2) is 0 Å². The van der Waals surface area contributed by atoms with Crippen LogP contribution in [0.3, 0.4) is 0 Å². The molecule has 1 heterocycles. The third kappa shape index (κ3) is 1.94. The largest absolute Gasteiger partial charge is 0.338 e. The molecule has 0 bridgehead atoms. The zero-order valence-electron chi connectivity index (χ0n) is 9.73. The molecule has 0 aromatic heterocycles. The van der Waals surface area contributed by atoms with Gasteiger partial charge in [0.1, 0.15) is 5.82 Å². The topological polar surface area (TPSA) is 20.3 Å². The standard InChI is InChI=1S/C14H16FNO/c15-13-6-4-10(5-7-13)14(17)16-8-11-2-1-3-12(11)9-16/h4-7,11-12H,1-3,8-9H2. The summed E-state index contributed by atoms with van der Waals surface area (Å²) < 4.78 is 12.8. The Labute approximate surface area is 100 Å². The van der Waals surface area contributed by atoms with E-state index in [9.17, 15) is 9.18 Å². The molecule has 0 spiro atoms. The highest BCUT2D eigenvalue weighted by Crippen LogP contribution is 2.38. The number of carbonyl (C=O) groups is 1. The maximum absolute atomic E-state index is 12.8. The van der Waals surface area contributed by atoms with Crippen LogP contribution in [0.5, 0.6) is 0 Å². The molecule has 1 amide bonds. The van der Waals surface area contributed by atoms with Gasteiger partial charge in [-0.25, -0.2) is 4.39 Å². The predicted molar refractivity (Wildman–Crippen MR) is 63.1 cm³/mol. The quantitative estimate of drug-likeness (QED) is 0.730. The van der Waals surface area contributed by atoms with E-state index in [2.05, 4.69) is 0 Å². The lowest BCUT2D eigenvalue weighted by Crippen LogP contribution is -2.29. The molecule has 2 aliphatic rings. The van der Waals surface area contributed by atoms with Gasteiger partial charge >= 0.3 is 0 Å². The first kappa shape index (κ1) is 10.8. The van der Waals surface area contributed by atoms with E-state index in [4.69, 9.17) is 0 Å². The number of hydrogen-bond acceptors (Lipinski definition) is 1. The van der Waals surface area contributed by atoms with Crippen LogP contribution in [0.1, 0.15) is 29.6 Å². The zero-order valence-corrected chi connectivity index (χ0v) is 9.73. The summed E-state index contributed by atoms with van der Waals surface area (Å²) in [5.41, 5.74) is 0.603. The number of amides is 1. The Kier molecular flexibility index (Phi) is 2.61. The number of hydrogen-bond donors (Lipinski definition) is 0. The molecule has 1 aromatic rings. The monoisotopic (exact) mass is 233 g/mol. The van der Waals surface area contributed by atoms with Gasteiger partial charge in [-0.1, -0.05) is 6.42 Å². The first-order chi connectivity index (χ1) is 8.24. The third-order valence-electron chi connectivity index (χ3n) is 4.10. The van der Waals surface area contributed by atoms with Crippen LogP contribution in [0.15, 0.2) is 24.3 Å². The van der Waals surface area contributed by atoms with Crippen molar-refractivity contribution in [1.29, 1.82) is 0 Å². The summed E-state index contributed by atoms with van der Waals surface area (Å²) in [6, 6.07) is 5.85. The summed E-state index contributed by atoms with van der Waals surface area (Å²) in [7, 11) is 0. The van der Waals surface area contributed by atoms with Crippen molar-refractivity contribution in [2.75, 3.05) is 13.1 Å². The van der Waals surface area contributed by atoms with Gasteiger partial charge in [-0.15, -0.1) is 0 Å². The second-order valence-electron chi connectivity index (χ2n) is 5.17. The van der Waals surface area contributed by atoms with Crippen LogP contribution in [-0.2, 0) is 0 Å². The summed E-state index contributed by atoms with van der Waals surface area (Å²) in [5, 5.41) is 0. The second-order valence-corrected chi connectivity index (χ2v) is 5.17. The minimum absolute atomic E-state index is 0.0550. The molecule has 2 nitrogen and oxygen atoms in total. The van der Waals surface area contributed by atoms with E-state index in [1.807, 2.05) is 4.90 Å². The molecule has 2 fully saturated rings. The number of fused-ring (bicyclic) bond motifs is 1. The summed E-state index contributed by atoms with van der Waals surface area (Å²) in [4.78, 5) is 14.1. The molecule has 1 saturated heterocycles. The van der Waals surface area contributed by atoms with Gasteiger partial charge in [0.25, 0.3) is 5.91 Å². The number of halogens is 1. The van der Waals surface area contributed by atoms with Gasteiger partial charge in [0.05, 0.1) is 0 Å². The number of benzene rings is 1. The summed E-state index contributed by atoms with van der Waals surface area (Å²) >= 11 is 0. The van der Waals surface area contributed by atoms with Gasteiger partial charge in [0.2, 0.25) is 0 Å². The Hall–Kier alpha value is -1.38. The van der Waals surface area contributed by atoms with Gasteiger partial charge in [0, 0.05) is 18.7 Å². The Morgan fingerprint density at radius 2 is 1.71 bits per heavy atom. The van der Waals surface area contributed by atoms with Crippen molar-refractivity contribution in [2.45, 2.75) is 19.3 Å². The lowest BCUT2D eigenvalue weighted by molar-refractivity contribution is 0.0780. The Balaban J connectivity index is 1.73. The van der Waals surface area contributed by atoms with Crippen LogP contribution in [-0.4, -0.2) is 23.9 Å². The zero-order chi connectivity index (χ0) is 11.8. The molecule has 1 aromatic carbocycles. The molecular formula is C14H16FNO. The molecule has 3 rings (SSSR count). The average molecular weight is 233 g/mol. The molecule has 17 heavy (non-hydrogen) atoms. The molecule has 0 N–H and O–H groups in total. The summed E-state index contributed by atoms with van der Waals surface area (Å²) in [5.74, 6) is 1.18. The van der Waals surface area contributed by atoms with Crippen LogP contribution >= 0.6 is 0 Å². The third-order valence-corrected chi connectivity index (χ3v) is 4.10. The molecular weight excluding hydrogens is 217 g/mol. The molecule has 1 aliphatic heterocycles. The van der Waals surface area contributed by atoms with Crippen molar-refractivity contribution >= 4 is 5.91 Å². The predicted octanol–water partition coefficient (Wildman–Crippen LogP) is 2.70. The van der Waals surface area contributed by atoms with E-state index < -0.39 is 0 Å². The Morgan fingerprint density at radius 1 is 1.12 bits per heavy atom. The maximum Gasteiger partial charge on any atom is 0.253 e. The van der Waals surface area contributed by atoms with E-state index in [1.165, 1.54) is 31.4 Å². The highest BCUT2D eigenvalue weighted by Gasteiger charge is 2.38. The first-order valence-corrected chi connectivity index (χ1v) is 6.29. The van der Waals surface area contributed by atoms with Crippen LogP contribution in [0.4, 0.5) is 4.39 Å². The Bertz CT molecular complexity index is 416. The second kappa shape index (κ2) is 4.13. The van der Waals surface area contributed by atoms with E-state index >= 15 is 0 Å². The van der Waals surface area contributed by atoms with Crippen LogP contribution < -0.4 is 0 Å². The van der Waals surface area contributed by atoms with Crippen molar-refractivity contribution in [3.63, 3.8) is 0 Å². The number of carbonyl (C=O) groups excluding carboxylic acids is 1. The minimum atomic E-state index is -0.292. The molecule has 2 atom stereocenters. The molecule has 90 valence electrons. The van der Waals surface area contributed by atoms with E-state index in [0.717, 1.165) is 13.1 Å². The van der Waals surface area contributed by atoms with Gasteiger partial charge < -0.3 is 4.90 Å². The van der Waals surface area contributed by atoms with E-state index in [0.29, 0.717) is 17.4 Å². The molecule has 2 unspecified atom stereocenters. The van der Waals surface area contributed by atoms with Gasteiger partial charge in [-0.05, 0) is 48.9 Å². The van der Waals surface area contributed by atoms with Crippen molar-refractivity contribution in [2.24, 2.45) is 11.8 Å². The lowest BCUT2D eigenvalue weighted by atomic mass is 10.0. The number of nitrogens with zero attached hydrogens (tertiary/aromatic N) is 1. The number of likely N-dealkylation sites (tertiary alicyclic amines) is 1. The first-order valence-electron chi connectivity index (χ1n) is 6.29. The number of rotatable bonds is 1. The highest BCUT2D eigenvalue weighted by molar-refractivity contribution is 5.94. The lowest BCUT2D eigenvalue weighted by Gasteiger charge is -2.17. The van der Waals surface area contributed by atoms with Crippen molar-refractivity contribution in [3.05, 3.63) is 35.6 Å². The summed E-state index contributed by atoms with van der Waals surface area (Å²) in [6.45, 7) is 1.78. The van der Waals surface area contributed by atoms with Crippen molar-refractivity contribution in [3.8, 4) is 0 Å². The fourth-order valence-electron chi connectivity index (χ4n) is 3.18. The molecule has 1 saturated carbocycles. The minimum Gasteiger partial charge on any atom is -0.338 e. The molecule has 3 heteroatoms. The normalized spacial score (nSPS) is 27.2. The van der Waals surface area contributed by atoms with E-state index in [-0.39, 0.29) is 11.7 Å². The van der Waals surface area contributed by atoms with Crippen LogP contribution in [0, 0.1) is 17.7 Å². The van der Waals surface area contributed by atoms with E-state index in [1.54, 1.807) is 12.1 Å². The van der Waals surface area contributed by atoms with Crippen LogP contribution in [0.25, 0.3) is 0 Å². The van der Waals surface area contributed by atoms with Gasteiger partial charge in [-0.3, -0.25) is 4.79 Å². The fourth-order valence-corrected chi connectivity index (χ4v) is 3.18. The average Bonchev–Trinajstić information content (AvgIpc) is 2.89. The smallest absolute Gasteiger partial charge is 0.253 e. The van der Waals surface area contributed by atoms with Crippen molar-refractivity contribution < 1.29 is 9.18 Å². The fraction of sp³-hybridized carbons (Fsp3) is 0.500. The molecule has 0 radical (unpaired) electrons. The SMILES string of the molecule is O=C(c1ccc(F)cc1)N1CC2CCCC2C1. The maximum atomic E-state index is 12.8. The highest BCUT2D eigenvalue weighted by atomic mass is 19.1. The summed E-state index contributed by atoms with van der Waals surface area (Å²) in [6.07, 6.45) is 3.84. The van der Waals surface area contributed by atoms with Crippen molar-refractivity contribution in [1.82, 2.24) is 4.90 Å². The Morgan fingerprint density at radius 3 is 2.29 bits per heavy atom. The van der Waals surface area contributed by atoms with Crippen LogP contribution in [0.2, 0.25) is 0 Å².